The van der Waals surface area contributed by atoms with Gasteiger partial charge in [0.15, 0.2) is 0 Å². The van der Waals surface area contributed by atoms with E-state index in [4.69, 9.17) is 23.2 Å². The highest BCUT2D eigenvalue weighted by atomic mass is 35.5. The fraction of sp³-hybridized carbons (Fsp3) is 0.278. The third kappa shape index (κ3) is 3.01. The van der Waals surface area contributed by atoms with E-state index < -0.39 is 0 Å². The summed E-state index contributed by atoms with van der Waals surface area (Å²) in [6.45, 7) is 1.80. The van der Waals surface area contributed by atoms with E-state index in [1.54, 1.807) is 42.7 Å². The first-order valence-corrected chi connectivity index (χ1v) is 9.65. The molecule has 0 fully saturated rings. The maximum atomic E-state index is 13.0. The van der Waals surface area contributed by atoms with Crippen molar-refractivity contribution in [3.63, 3.8) is 0 Å². The summed E-state index contributed by atoms with van der Waals surface area (Å²) in [5, 5.41) is 6.02. The van der Waals surface area contributed by atoms with Crippen LogP contribution in [0.2, 0.25) is 10.0 Å². The highest BCUT2D eigenvalue weighted by Crippen LogP contribution is 2.33. The third-order valence-corrected chi connectivity index (χ3v) is 6.32. The topological polar surface area (TPSA) is 47.2 Å². The van der Waals surface area contributed by atoms with Crippen molar-refractivity contribution in [1.82, 2.24) is 9.66 Å². The quantitative estimate of drug-likeness (QED) is 0.587. The van der Waals surface area contributed by atoms with Crippen LogP contribution in [-0.4, -0.2) is 15.9 Å². The van der Waals surface area contributed by atoms with Gasteiger partial charge in [0.2, 0.25) is 0 Å². The molecular formula is C18H15Cl2N3OS. The number of fused-ring (bicyclic) bond motifs is 3. The Kier molecular flexibility index (Phi) is 4.40. The van der Waals surface area contributed by atoms with Gasteiger partial charge >= 0.3 is 0 Å². The van der Waals surface area contributed by atoms with E-state index in [2.05, 4.69) is 10.1 Å². The Morgan fingerprint density at radius 1 is 1.24 bits per heavy atom. The minimum atomic E-state index is -0.0989. The Morgan fingerprint density at radius 2 is 2.04 bits per heavy atom. The SMILES string of the molecule is Cc1nc2sc3c(c2c(=O)n1/N=C\c1ccc(Cl)c(Cl)c1)CCCC3. The molecule has 3 aromatic rings. The van der Waals surface area contributed by atoms with Gasteiger partial charge in [0, 0.05) is 4.88 Å². The molecule has 0 unspecified atom stereocenters. The lowest BCUT2D eigenvalue weighted by atomic mass is 9.97. The molecule has 128 valence electrons. The molecule has 25 heavy (non-hydrogen) atoms. The van der Waals surface area contributed by atoms with Gasteiger partial charge in [-0.25, -0.2) is 4.98 Å². The second-order valence-electron chi connectivity index (χ2n) is 6.09. The number of halogens is 2. The summed E-state index contributed by atoms with van der Waals surface area (Å²) in [7, 11) is 0. The molecular weight excluding hydrogens is 377 g/mol. The van der Waals surface area contributed by atoms with E-state index in [1.165, 1.54) is 21.5 Å². The number of hydrogen-bond donors (Lipinski definition) is 0. The molecule has 0 bridgehead atoms. The molecule has 7 heteroatoms. The van der Waals surface area contributed by atoms with E-state index in [9.17, 15) is 4.79 Å². The van der Waals surface area contributed by atoms with Gasteiger partial charge in [0.1, 0.15) is 10.7 Å². The average Bonchev–Trinajstić information content (AvgIpc) is 2.95. The number of benzene rings is 1. The summed E-state index contributed by atoms with van der Waals surface area (Å²) in [5.41, 5.74) is 1.84. The Bertz CT molecular complexity index is 1070. The van der Waals surface area contributed by atoms with E-state index in [0.29, 0.717) is 15.9 Å². The molecule has 0 spiro atoms. The zero-order valence-corrected chi connectivity index (χ0v) is 15.9. The van der Waals surface area contributed by atoms with Crippen molar-refractivity contribution in [3.05, 3.63) is 60.4 Å². The highest BCUT2D eigenvalue weighted by Gasteiger charge is 2.21. The molecule has 2 aromatic heterocycles. The number of nitrogens with zero attached hydrogens (tertiary/aromatic N) is 3. The summed E-state index contributed by atoms with van der Waals surface area (Å²) >= 11 is 13.6. The van der Waals surface area contributed by atoms with Crippen LogP contribution in [-0.2, 0) is 12.8 Å². The third-order valence-electron chi connectivity index (χ3n) is 4.39. The molecule has 1 aromatic carbocycles. The van der Waals surface area contributed by atoms with Gasteiger partial charge in [-0.2, -0.15) is 9.78 Å². The van der Waals surface area contributed by atoms with Gasteiger partial charge in [0.25, 0.3) is 5.56 Å². The molecule has 4 rings (SSSR count). The summed E-state index contributed by atoms with van der Waals surface area (Å²) < 4.78 is 1.37. The van der Waals surface area contributed by atoms with Crippen molar-refractivity contribution in [2.24, 2.45) is 5.10 Å². The maximum Gasteiger partial charge on any atom is 0.283 e. The van der Waals surface area contributed by atoms with Crippen LogP contribution in [0, 0.1) is 6.92 Å². The lowest BCUT2D eigenvalue weighted by Crippen LogP contribution is -2.21. The predicted molar refractivity (Wildman–Crippen MR) is 105 cm³/mol. The second kappa shape index (κ2) is 6.56. The first kappa shape index (κ1) is 16.8. The summed E-state index contributed by atoms with van der Waals surface area (Å²) in [6.07, 6.45) is 5.90. The van der Waals surface area contributed by atoms with Gasteiger partial charge in [-0.15, -0.1) is 11.3 Å². The van der Waals surface area contributed by atoms with Crippen molar-refractivity contribution in [2.75, 3.05) is 0 Å². The molecule has 0 aliphatic heterocycles. The number of thiophene rings is 1. The van der Waals surface area contributed by atoms with Crippen LogP contribution in [0.5, 0.6) is 0 Å². The molecule has 1 aliphatic rings. The molecule has 4 nitrogen and oxygen atoms in total. The number of aryl methyl sites for hydroxylation is 3. The van der Waals surface area contributed by atoms with Gasteiger partial charge in [-0.05, 0) is 55.9 Å². The fourth-order valence-corrected chi connectivity index (χ4v) is 4.76. The number of rotatable bonds is 2. The van der Waals surface area contributed by atoms with E-state index in [-0.39, 0.29) is 5.56 Å². The maximum absolute atomic E-state index is 13.0. The molecule has 2 heterocycles. The van der Waals surface area contributed by atoms with Gasteiger partial charge < -0.3 is 0 Å². The summed E-state index contributed by atoms with van der Waals surface area (Å²) in [4.78, 5) is 19.7. The smallest absolute Gasteiger partial charge is 0.267 e. The molecule has 1 aliphatic carbocycles. The molecule has 0 N–H and O–H groups in total. The largest absolute Gasteiger partial charge is 0.283 e. The van der Waals surface area contributed by atoms with Crippen LogP contribution in [0.4, 0.5) is 0 Å². The van der Waals surface area contributed by atoms with Crippen LogP contribution in [0.3, 0.4) is 0 Å². The molecule has 0 saturated carbocycles. The first-order chi connectivity index (χ1) is 12.0. The standard InChI is InChI=1S/C18H15Cl2N3OS/c1-10-22-17-16(12-4-2-3-5-15(12)25-17)18(24)23(10)21-9-11-6-7-13(19)14(20)8-11/h6-9H,2-5H2,1H3/b21-9-. The Hall–Kier alpha value is -1.69. The molecule has 0 saturated heterocycles. The van der Waals surface area contributed by atoms with Crippen molar-refractivity contribution in [2.45, 2.75) is 32.6 Å². The monoisotopic (exact) mass is 391 g/mol. The van der Waals surface area contributed by atoms with Crippen LogP contribution < -0.4 is 5.56 Å². The second-order valence-corrected chi connectivity index (χ2v) is 7.98. The first-order valence-electron chi connectivity index (χ1n) is 8.08. The van der Waals surface area contributed by atoms with Crippen LogP contribution in [0.25, 0.3) is 10.2 Å². The average molecular weight is 392 g/mol. The molecule has 0 atom stereocenters. The lowest BCUT2D eigenvalue weighted by Gasteiger charge is -2.10. The summed E-state index contributed by atoms with van der Waals surface area (Å²) in [6, 6.07) is 5.22. The Labute approximate surface area is 158 Å². The minimum Gasteiger partial charge on any atom is -0.267 e. The van der Waals surface area contributed by atoms with Crippen LogP contribution in [0.1, 0.15) is 34.7 Å². The van der Waals surface area contributed by atoms with Crippen LogP contribution in [0.15, 0.2) is 28.1 Å². The minimum absolute atomic E-state index is 0.0989. The van der Waals surface area contributed by atoms with Crippen molar-refractivity contribution < 1.29 is 0 Å². The van der Waals surface area contributed by atoms with Crippen molar-refractivity contribution in [3.8, 4) is 0 Å². The van der Waals surface area contributed by atoms with E-state index >= 15 is 0 Å². The lowest BCUT2D eigenvalue weighted by molar-refractivity contribution is 0.698. The zero-order valence-electron chi connectivity index (χ0n) is 13.6. The van der Waals surface area contributed by atoms with Crippen LogP contribution >= 0.6 is 34.5 Å². The Morgan fingerprint density at radius 3 is 2.84 bits per heavy atom. The Balaban J connectivity index is 1.82. The predicted octanol–water partition coefficient (Wildman–Crippen LogP) is 4.83. The molecule has 0 radical (unpaired) electrons. The normalized spacial score (nSPS) is 14.4. The highest BCUT2D eigenvalue weighted by molar-refractivity contribution is 7.18. The zero-order chi connectivity index (χ0) is 17.6. The van der Waals surface area contributed by atoms with E-state index in [0.717, 1.165) is 35.0 Å². The molecule has 0 amide bonds. The van der Waals surface area contributed by atoms with Crippen molar-refractivity contribution >= 4 is 51.0 Å². The van der Waals surface area contributed by atoms with Gasteiger partial charge in [-0.3, -0.25) is 4.79 Å². The van der Waals surface area contributed by atoms with Crippen molar-refractivity contribution in [1.29, 1.82) is 0 Å². The number of hydrogen-bond acceptors (Lipinski definition) is 4. The van der Waals surface area contributed by atoms with Gasteiger partial charge in [0.05, 0.1) is 21.6 Å². The fourth-order valence-electron chi connectivity index (χ4n) is 3.15. The van der Waals surface area contributed by atoms with Gasteiger partial charge in [-0.1, -0.05) is 29.3 Å². The van der Waals surface area contributed by atoms with E-state index in [1.807, 2.05) is 0 Å². The summed E-state index contributed by atoms with van der Waals surface area (Å²) in [5.74, 6) is 0.576. The number of aromatic nitrogens is 2.